The Labute approximate surface area is 175 Å². The van der Waals surface area contributed by atoms with E-state index in [1.54, 1.807) is 0 Å². The number of halogens is 1. The van der Waals surface area contributed by atoms with Crippen LogP contribution in [0.1, 0.15) is 50.8 Å². The molecule has 0 aliphatic heterocycles. The molecular formula is C24H35ClN2O. The predicted molar refractivity (Wildman–Crippen MR) is 120 cm³/mol. The van der Waals surface area contributed by atoms with Crippen LogP contribution in [0, 0.1) is 0 Å². The van der Waals surface area contributed by atoms with Crippen LogP contribution in [-0.4, -0.2) is 47.1 Å². The molecule has 2 atom stereocenters. The number of nitrogens with zero attached hydrogens (tertiary/aromatic N) is 2. The zero-order chi connectivity index (χ0) is 20.4. The van der Waals surface area contributed by atoms with Crippen molar-refractivity contribution < 1.29 is 5.11 Å². The Balaban J connectivity index is 2.02. The number of benzene rings is 2. The zero-order valence-electron chi connectivity index (χ0n) is 17.5. The van der Waals surface area contributed by atoms with Crippen molar-refractivity contribution in [2.45, 2.75) is 52.3 Å². The van der Waals surface area contributed by atoms with E-state index in [1.807, 2.05) is 30.3 Å². The van der Waals surface area contributed by atoms with Crippen LogP contribution in [0.5, 0.6) is 0 Å². The Hall–Kier alpha value is -1.39. The number of hydrogen-bond acceptors (Lipinski definition) is 3. The highest BCUT2D eigenvalue weighted by Gasteiger charge is 2.19. The van der Waals surface area contributed by atoms with Crippen LogP contribution in [0.2, 0.25) is 5.02 Å². The summed E-state index contributed by atoms with van der Waals surface area (Å²) in [5, 5.41) is 11.5. The molecule has 2 rings (SSSR count). The molecular weight excluding hydrogens is 368 g/mol. The van der Waals surface area contributed by atoms with Gasteiger partial charge in [-0.25, -0.2) is 0 Å². The van der Waals surface area contributed by atoms with Crippen molar-refractivity contribution in [3.63, 3.8) is 0 Å². The van der Waals surface area contributed by atoms with E-state index in [0.717, 1.165) is 38.2 Å². The van der Waals surface area contributed by atoms with E-state index in [9.17, 15) is 5.11 Å². The minimum absolute atomic E-state index is 0.401. The summed E-state index contributed by atoms with van der Waals surface area (Å²) in [6, 6.07) is 18.4. The van der Waals surface area contributed by atoms with Crippen molar-refractivity contribution in [1.29, 1.82) is 0 Å². The van der Waals surface area contributed by atoms with Crippen LogP contribution in [0.4, 0.5) is 0 Å². The maximum atomic E-state index is 10.8. The minimum Gasteiger partial charge on any atom is -0.387 e. The first-order valence-electron chi connectivity index (χ1n) is 10.5. The smallest absolute Gasteiger partial charge is 0.0917 e. The van der Waals surface area contributed by atoms with Gasteiger partial charge in [-0.1, -0.05) is 67.9 Å². The molecule has 1 N–H and O–H groups in total. The first kappa shape index (κ1) is 22.9. The average Bonchev–Trinajstić information content (AvgIpc) is 2.71. The summed E-state index contributed by atoms with van der Waals surface area (Å²) in [6.45, 7) is 11.5. The molecule has 154 valence electrons. The Morgan fingerprint density at radius 1 is 0.964 bits per heavy atom. The molecule has 3 nitrogen and oxygen atoms in total. The second kappa shape index (κ2) is 12.2. The molecule has 0 amide bonds. The average molecular weight is 403 g/mol. The van der Waals surface area contributed by atoms with Crippen molar-refractivity contribution in [3.8, 4) is 0 Å². The predicted octanol–water partition coefficient (Wildman–Crippen LogP) is 5.39. The van der Waals surface area contributed by atoms with Gasteiger partial charge < -0.3 is 10.0 Å². The molecule has 0 heterocycles. The molecule has 28 heavy (non-hydrogen) atoms. The summed E-state index contributed by atoms with van der Waals surface area (Å²) < 4.78 is 0. The number of aliphatic hydroxyl groups excluding tert-OH is 1. The van der Waals surface area contributed by atoms with Gasteiger partial charge in [0.15, 0.2) is 0 Å². The maximum Gasteiger partial charge on any atom is 0.0917 e. The van der Waals surface area contributed by atoms with Gasteiger partial charge in [-0.3, -0.25) is 4.90 Å². The molecule has 0 bridgehead atoms. The Morgan fingerprint density at radius 2 is 1.61 bits per heavy atom. The Kier molecular flexibility index (Phi) is 10.0. The lowest BCUT2D eigenvalue weighted by molar-refractivity contribution is 0.0816. The van der Waals surface area contributed by atoms with Crippen LogP contribution in [0.25, 0.3) is 0 Å². The fraction of sp³-hybridized carbons (Fsp3) is 0.500. The molecule has 2 unspecified atom stereocenters. The molecule has 0 aliphatic carbocycles. The lowest BCUT2D eigenvalue weighted by Gasteiger charge is -2.32. The van der Waals surface area contributed by atoms with E-state index in [2.05, 4.69) is 54.8 Å². The number of rotatable bonds is 12. The van der Waals surface area contributed by atoms with E-state index in [4.69, 9.17) is 11.6 Å². The van der Waals surface area contributed by atoms with E-state index in [1.165, 1.54) is 12.0 Å². The van der Waals surface area contributed by atoms with Crippen LogP contribution < -0.4 is 0 Å². The van der Waals surface area contributed by atoms with Crippen molar-refractivity contribution in [2.75, 3.05) is 26.2 Å². The van der Waals surface area contributed by atoms with Crippen LogP contribution in [-0.2, 0) is 6.54 Å². The normalized spacial score (nSPS) is 13.8. The number of aliphatic hydroxyl groups is 1. The first-order valence-corrected chi connectivity index (χ1v) is 10.8. The van der Waals surface area contributed by atoms with Gasteiger partial charge in [0.2, 0.25) is 0 Å². The third kappa shape index (κ3) is 7.56. The highest BCUT2D eigenvalue weighted by atomic mass is 35.5. The molecule has 2 aromatic rings. The molecule has 0 fully saturated rings. The fourth-order valence-electron chi connectivity index (χ4n) is 3.56. The highest BCUT2D eigenvalue weighted by Crippen LogP contribution is 2.21. The summed E-state index contributed by atoms with van der Waals surface area (Å²) >= 11 is 5.99. The molecule has 0 saturated carbocycles. The fourth-order valence-corrected chi connectivity index (χ4v) is 3.69. The molecule has 0 aromatic heterocycles. The summed E-state index contributed by atoms with van der Waals surface area (Å²) in [6.07, 6.45) is 1.77. The van der Waals surface area contributed by atoms with Gasteiger partial charge in [-0.2, -0.15) is 0 Å². The number of hydrogen-bond donors (Lipinski definition) is 1. The zero-order valence-corrected chi connectivity index (χ0v) is 18.3. The summed E-state index contributed by atoms with van der Waals surface area (Å²) in [5.41, 5.74) is 2.19. The van der Waals surface area contributed by atoms with Gasteiger partial charge in [0.1, 0.15) is 0 Å². The third-order valence-corrected chi connectivity index (χ3v) is 5.76. The van der Waals surface area contributed by atoms with Crippen molar-refractivity contribution in [2.24, 2.45) is 0 Å². The van der Waals surface area contributed by atoms with Gasteiger partial charge in [0.25, 0.3) is 0 Å². The van der Waals surface area contributed by atoms with Crippen LogP contribution >= 0.6 is 11.6 Å². The standard InChI is InChI=1S/C24H35ClN2O/c1-4-26(5-2)17-9-10-20(3)27(18-21-11-7-6-8-12-21)19-24(28)22-13-15-23(25)16-14-22/h6-8,11-16,20,24,28H,4-5,9-10,17-19H2,1-3H3. The van der Waals surface area contributed by atoms with E-state index >= 15 is 0 Å². The second-order valence-electron chi connectivity index (χ2n) is 7.50. The van der Waals surface area contributed by atoms with Gasteiger partial charge in [-0.05, 0) is 62.7 Å². The van der Waals surface area contributed by atoms with E-state index < -0.39 is 6.10 Å². The molecule has 0 aliphatic rings. The van der Waals surface area contributed by atoms with Gasteiger partial charge >= 0.3 is 0 Å². The summed E-state index contributed by atoms with van der Waals surface area (Å²) in [7, 11) is 0. The molecule has 0 radical (unpaired) electrons. The third-order valence-electron chi connectivity index (χ3n) is 5.50. The Bertz CT molecular complexity index is 658. The highest BCUT2D eigenvalue weighted by molar-refractivity contribution is 6.30. The largest absolute Gasteiger partial charge is 0.387 e. The van der Waals surface area contributed by atoms with Crippen LogP contribution in [0.3, 0.4) is 0 Å². The first-order chi connectivity index (χ1) is 13.5. The Morgan fingerprint density at radius 3 is 2.21 bits per heavy atom. The molecule has 4 heteroatoms. The molecule has 2 aromatic carbocycles. The monoisotopic (exact) mass is 402 g/mol. The molecule has 0 spiro atoms. The van der Waals surface area contributed by atoms with Gasteiger partial charge in [0, 0.05) is 24.2 Å². The quantitative estimate of drug-likeness (QED) is 0.515. The minimum atomic E-state index is -0.522. The van der Waals surface area contributed by atoms with Gasteiger partial charge in [0.05, 0.1) is 6.10 Å². The van der Waals surface area contributed by atoms with E-state index in [0.29, 0.717) is 17.6 Å². The second-order valence-corrected chi connectivity index (χ2v) is 7.94. The topological polar surface area (TPSA) is 26.7 Å². The van der Waals surface area contributed by atoms with E-state index in [-0.39, 0.29) is 0 Å². The summed E-state index contributed by atoms with van der Waals surface area (Å²) in [5.74, 6) is 0. The molecule has 0 saturated heterocycles. The van der Waals surface area contributed by atoms with Crippen LogP contribution in [0.15, 0.2) is 54.6 Å². The van der Waals surface area contributed by atoms with Gasteiger partial charge in [-0.15, -0.1) is 0 Å². The SMILES string of the molecule is CCN(CC)CCCC(C)N(Cc1ccccc1)CC(O)c1ccc(Cl)cc1. The lowest BCUT2D eigenvalue weighted by atomic mass is 10.1. The summed E-state index contributed by atoms with van der Waals surface area (Å²) in [4.78, 5) is 4.87. The maximum absolute atomic E-state index is 10.8. The van der Waals surface area contributed by atoms with Crippen molar-refractivity contribution >= 4 is 11.6 Å². The van der Waals surface area contributed by atoms with Crippen molar-refractivity contribution in [3.05, 3.63) is 70.7 Å². The van der Waals surface area contributed by atoms with Crippen molar-refractivity contribution in [1.82, 2.24) is 9.80 Å². The lowest BCUT2D eigenvalue weighted by Crippen LogP contribution is -2.36.